The van der Waals surface area contributed by atoms with E-state index in [9.17, 15) is 9.59 Å². The largest absolute Gasteiger partial charge is 0.466 e. The summed E-state index contributed by atoms with van der Waals surface area (Å²) in [6.45, 7) is 4.39. The molecule has 0 saturated heterocycles. The molecule has 0 aliphatic carbocycles. The van der Waals surface area contributed by atoms with E-state index in [1.54, 1.807) is 6.92 Å². The van der Waals surface area contributed by atoms with Crippen LogP contribution in [0.2, 0.25) is 0 Å². The minimum atomic E-state index is -0.145. The maximum atomic E-state index is 11.7. The third-order valence-corrected chi connectivity index (χ3v) is 3.80. The van der Waals surface area contributed by atoms with Crippen molar-refractivity contribution in [1.82, 2.24) is 10.6 Å². The number of carbonyl (C=O) groups excluding carboxylic acids is 2. The maximum absolute atomic E-state index is 11.7. The van der Waals surface area contributed by atoms with Gasteiger partial charge in [0.05, 0.1) is 6.61 Å². The predicted octanol–water partition coefficient (Wildman–Crippen LogP) is 2.94. The molecule has 6 nitrogen and oxygen atoms in total. The highest BCUT2D eigenvalue weighted by molar-refractivity contribution is 5.73. The van der Waals surface area contributed by atoms with Crippen molar-refractivity contribution in [3.63, 3.8) is 0 Å². The van der Waals surface area contributed by atoms with Gasteiger partial charge < -0.3 is 20.3 Å². The van der Waals surface area contributed by atoms with Gasteiger partial charge in [-0.25, -0.2) is 4.79 Å². The molecule has 0 aliphatic heterocycles. The fraction of sp³-hybridized carbons (Fsp3) is 0.579. The molecule has 0 aromatic heterocycles. The van der Waals surface area contributed by atoms with Crippen molar-refractivity contribution in [1.29, 1.82) is 0 Å². The Morgan fingerprint density at radius 1 is 1.00 bits per heavy atom. The molecular formula is C19H31N3O3. The van der Waals surface area contributed by atoms with Gasteiger partial charge in [-0.05, 0) is 38.3 Å². The summed E-state index contributed by atoms with van der Waals surface area (Å²) in [5.41, 5.74) is 1.18. The lowest BCUT2D eigenvalue weighted by Gasteiger charge is -2.19. The van der Waals surface area contributed by atoms with Crippen LogP contribution in [0.5, 0.6) is 0 Å². The van der Waals surface area contributed by atoms with Crippen molar-refractivity contribution in [2.75, 3.05) is 38.2 Å². The molecule has 0 unspecified atom stereocenters. The molecule has 0 fully saturated rings. The minimum Gasteiger partial charge on any atom is -0.466 e. The molecule has 25 heavy (non-hydrogen) atoms. The van der Waals surface area contributed by atoms with Crippen molar-refractivity contribution in [2.45, 2.75) is 39.0 Å². The summed E-state index contributed by atoms with van der Waals surface area (Å²) < 4.78 is 4.86. The molecule has 2 amide bonds. The Balaban J connectivity index is 1.96. The number of amides is 2. The Kier molecular flexibility index (Phi) is 10.9. The highest BCUT2D eigenvalue weighted by Crippen LogP contribution is 2.10. The summed E-state index contributed by atoms with van der Waals surface area (Å²) in [6.07, 6.45) is 3.91. The Bertz CT molecular complexity index is 494. The molecule has 0 saturated carbocycles. The van der Waals surface area contributed by atoms with Crippen LogP contribution in [0.1, 0.15) is 39.0 Å². The first kappa shape index (κ1) is 20.8. The molecule has 6 heteroatoms. The van der Waals surface area contributed by atoms with Gasteiger partial charge in [-0.2, -0.15) is 0 Å². The van der Waals surface area contributed by atoms with E-state index in [2.05, 4.69) is 27.7 Å². The van der Waals surface area contributed by atoms with E-state index in [1.165, 1.54) is 5.69 Å². The van der Waals surface area contributed by atoms with Crippen LogP contribution in [0.3, 0.4) is 0 Å². The zero-order chi connectivity index (χ0) is 18.3. The number of nitrogens with one attached hydrogen (secondary N) is 2. The number of hydrogen-bond donors (Lipinski definition) is 2. The number of para-hydroxylation sites is 1. The van der Waals surface area contributed by atoms with E-state index >= 15 is 0 Å². The molecule has 0 heterocycles. The molecule has 0 bridgehead atoms. The molecule has 0 atom stereocenters. The second-order valence-electron chi connectivity index (χ2n) is 5.91. The van der Waals surface area contributed by atoms with Crippen molar-refractivity contribution >= 4 is 17.7 Å². The van der Waals surface area contributed by atoms with Crippen LogP contribution >= 0.6 is 0 Å². The number of rotatable bonds is 12. The standard InChI is InChI=1S/C19H31N3O3/c1-3-25-18(23)13-8-5-9-14-20-19(24)21-15-10-16-22(2)17-11-6-4-7-12-17/h4,6-7,11-12H,3,5,8-10,13-16H2,1-2H3,(H2,20,21,24). The van der Waals surface area contributed by atoms with Crippen LogP contribution in [0.15, 0.2) is 30.3 Å². The Morgan fingerprint density at radius 2 is 1.68 bits per heavy atom. The second-order valence-corrected chi connectivity index (χ2v) is 5.91. The molecule has 1 rings (SSSR count). The third kappa shape index (κ3) is 10.3. The van der Waals surface area contributed by atoms with Gasteiger partial charge in [0.25, 0.3) is 0 Å². The first-order valence-corrected chi connectivity index (χ1v) is 9.07. The lowest BCUT2D eigenvalue weighted by Crippen LogP contribution is -2.37. The number of anilines is 1. The van der Waals surface area contributed by atoms with Gasteiger partial charge in [0.2, 0.25) is 0 Å². The van der Waals surface area contributed by atoms with Gasteiger partial charge in [0.1, 0.15) is 0 Å². The zero-order valence-electron chi connectivity index (χ0n) is 15.4. The van der Waals surface area contributed by atoms with E-state index in [4.69, 9.17) is 4.74 Å². The molecule has 0 aliphatic rings. The maximum Gasteiger partial charge on any atom is 0.314 e. The molecule has 0 radical (unpaired) electrons. The average molecular weight is 349 g/mol. The Morgan fingerprint density at radius 3 is 2.36 bits per heavy atom. The fourth-order valence-corrected chi connectivity index (χ4v) is 2.40. The van der Waals surface area contributed by atoms with E-state index in [-0.39, 0.29) is 12.0 Å². The first-order valence-electron chi connectivity index (χ1n) is 9.07. The number of nitrogens with zero attached hydrogens (tertiary/aromatic N) is 1. The number of esters is 1. The number of unbranched alkanes of at least 4 members (excludes halogenated alkanes) is 2. The second kappa shape index (κ2) is 13.1. The van der Waals surface area contributed by atoms with Crippen LogP contribution in [0.4, 0.5) is 10.5 Å². The normalized spacial score (nSPS) is 10.2. The van der Waals surface area contributed by atoms with Crippen molar-refractivity contribution < 1.29 is 14.3 Å². The predicted molar refractivity (Wildman–Crippen MR) is 101 cm³/mol. The van der Waals surface area contributed by atoms with Gasteiger partial charge in [-0.1, -0.05) is 24.6 Å². The molecule has 1 aromatic rings. The van der Waals surface area contributed by atoms with E-state index in [0.717, 1.165) is 32.2 Å². The van der Waals surface area contributed by atoms with E-state index < -0.39 is 0 Å². The number of hydrogen-bond acceptors (Lipinski definition) is 4. The summed E-state index contributed by atoms with van der Waals surface area (Å²) in [4.78, 5) is 25.0. The van der Waals surface area contributed by atoms with Gasteiger partial charge in [0.15, 0.2) is 0 Å². The van der Waals surface area contributed by atoms with E-state index in [0.29, 0.717) is 26.1 Å². The SMILES string of the molecule is CCOC(=O)CCCCCNC(=O)NCCCN(C)c1ccccc1. The summed E-state index contributed by atoms with van der Waals surface area (Å²) in [7, 11) is 2.05. The minimum absolute atomic E-state index is 0.132. The van der Waals surface area contributed by atoms with Crippen LogP contribution in [0, 0.1) is 0 Å². The summed E-state index contributed by atoms with van der Waals surface area (Å²) in [5.74, 6) is -0.145. The third-order valence-electron chi connectivity index (χ3n) is 3.80. The lowest BCUT2D eigenvalue weighted by atomic mass is 10.2. The van der Waals surface area contributed by atoms with E-state index in [1.807, 2.05) is 25.2 Å². The molecule has 1 aromatic carbocycles. The van der Waals surface area contributed by atoms with Crippen molar-refractivity contribution in [3.8, 4) is 0 Å². The zero-order valence-corrected chi connectivity index (χ0v) is 15.4. The molecule has 2 N–H and O–H groups in total. The monoisotopic (exact) mass is 349 g/mol. The number of carbonyl (C=O) groups is 2. The van der Waals surface area contributed by atoms with Crippen LogP contribution in [0.25, 0.3) is 0 Å². The number of urea groups is 1. The van der Waals surface area contributed by atoms with Crippen molar-refractivity contribution in [3.05, 3.63) is 30.3 Å². The summed E-state index contributed by atoms with van der Waals surface area (Å²) >= 11 is 0. The lowest BCUT2D eigenvalue weighted by molar-refractivity contribution is -0.143. The molecule has 140 valence electrons. The highest BCUT2D eigenvalue weighted by atomic mass is 16.5. The van der Waals surface area contributed by atoms with Gasteiger partial charge in [0, 0.05) is 38.8 Å². The van der Waals surface area contributed by atoms with Crippen LogP contribution < -0.4 is 15.5 Å². The quantitative estimate of drug-likeness (QED) is 0.450. The van der Waals surface area contributed by atoms with Crippen LogP contribution in [-0.4, -0.2) is 45.3 Å². The topological polar surface area (TPSA) is 70.7 Å². The van der Waals surface area contributed by atoms with Gasteiger partial charge in [-0.15, -0.1) is 0 Å². The smallest absolute Gasteiger partial charge is 0.314 e. The Labute approximate surface area is 150 Å². The summed E-state index contributed by atoms with van der Waals surface area (Å²) in [5, 5.41) is 5.70. The van der Waals surface area contributed by atoms with Crippen molar-refractivity contribution in [2.24, 2.45) is 0 Å². The number of ether oxygens (including phenoxy) is 1. The Hall–Kier alpha value is -2.24. The van der Waals surface area contributed by atoms with Crippen LogP contribution in [-0.2, 0) is 9.53 Å². The number of benzene rings is 1. The summed E-state index contributed by atoms with van der Waals surface area (Å²) in [6, 6.07) is 10.0. The van der Waals surface area contributed by atoms with Gasteiger partial charge >= 0.3 is 12.0 Å². The average Bonchev–Trinajstić information content (AvgIpc) is 2.62. The molecule has 0 spiro atoms. The molecular weight excluding hydrogens is 318 g/mol. The van der Waals surface area contributed by atoms with Gasteiger partial charge in [-0.3, -0.25) is 4.79 Å². The first-order chi connectivity index (χ1) is 12.1. The highest BCUT2D eigenvalue weighted by Gasteiger charge is 2.03. The fourth-order valence-electron chi connectivity index (χ4n) is 2.40.